The fourth-order valence-electron chi connectivity index (χ4n) is 2.76. The lowest BCUT2D eigenvalue weighted by Crippen LogP contribution is -2.37. The molecule has 6 nitrogen and oxygen atoms in total. The Balaban J connectivity index is 1.77. The van der Waals surface area contributed by atoms with E-state index in [1.54, 1.807) is 6.07 Å². The zero-order valence-corrected chi connectivity index (χ0v) is 13.5. The zero-order valence-electron chi connectivity index (χ0n) is 12.7. The van der Waals surface area contributed by atoms with Crippen molar-refractivity contribution in [2.24, 2.45) is 7.05 Å². The molecule has 1 fully saturated rings. The molecule has 0 bridgehead atoms. The number of fused-ring (bicyclic) bond motifs is 1. The fraction of sp³-hybridized carbons (Fsp3) is 0.312. The molecular weight excluding hydrogens is 314 g/mol. The maximum Gasteiger partial charge on any atom is 0.227 e. The Hall–Kier alpha value is -2.18. The minimum absolute atomic E-state index is 0.446. The second-order valence-corrected chi connectivity index (χ2v) is 5.90. The van der Waals surface area contributed by atoms with Gasteiger partial charge in [0.05, 0.1) is 30.6 Å². The van der Waals surface area contributed by atoms with Crippen LogP contribution < -0.4 is 4.90 Å². The normalized spacial score (nSPS) is 15.3. The predicted molar refractivity (Wildman–Crippen MR) is 89.8 cm³/mol. The van der Waals surface area contributed by atoms with E-state index in [2.05, 4.69) is 21.0 Å². The average molecular weight is 330 g/mol. The summed E-state index contributed by atoms with van der Waals surface area (Å²) < 4.78 is 7.23. The second-order valence-electron chi connectivity index (χ2n) is 5.52. The Kier molecular flexibility index (Phi) is 3.63. The molecule has 3 heterocycles. The third-order valence-electron chi connectivity index (χ3n) is 4.02. The summed E-state index contributed by atoms with van der Waals surface area (Å²) in [5.41, 5.74) is 2.87. The predicted octanol–water partition coefficient (Wildman–Crippen LogP) is 2.52. The topological polar surface area (TPSA) is 56.1 Å². The largest absolute Gasteiger partial charge is 0.378 e. The number of benzene rings is 1. The summed E-state index contributed by atoms with van der Waals surface area (Å²) in [5.74, 6) is 0.654. The molecule has 3 aromatic rings. The summed E-state index contributed by atoms with van der Waals surface area (Å²) in [7, 11) is 1.93. The number of hydrogen-bond acceptors (Lipinski definition) is 5. The molecule has 0 spiro atoms. The lowest BCUT2D eigenvalue weighted by molar-refractivity contribution is 0.122. The molecule has 1 aliphatic heterocycles. The van der Waals surface area contributed by atoms with Crippen molar-refractivity contribution in [3.8, 4) is 11.3 Å². The molecule has 0 amide bonds. The lowest BCUT2D eigenvalue weighted by Gasteiger charge is -2.27. The molecular formula is C16H16ClN5O. The van der Waals surface area contributed by atoms with Crippen LogP contribution in [0.4, 0.5) is 5.95 Å². The summed E-state index contributed by atoms with van der Waals surface area (Å²) in [6, 6.07) is 7.95. The monoisotopic (exact) mass is 329 g/mol. The van der Waals surface area contributed by atoms with Gasteiger partial charge in [-0.2, -0.15) is 5.10 Å². The van der Waals surface area contributed by atoms with Gasteiger partial charge in [-0.3, -0.25) is 4.68 Å². The fourth-order valence-corrected chi connectivity index (χ4v) is 2.94. The van der Waals surface area contributed by atoms with E-state index in [-0.39, 0.29) is 0 Å². The Morgan fingerprint density at radius 3 is 2.78 bits per heavy atom. The van der Waals surface area contributed by atoms with Crippen LogP contribution in [0.1, 0.15) is 0 Å². The molecule has 7 heteroatoms. The van der Waals surface area contributed by atoms with Gasteiger partial charge in [0.25, 0.3) is 0 Å². The van der Waals surface area contributed by atoms with Crippen LogP contribution in [0.15, 0.2) is 30.5 Å². The van der Waals surface area contributed by atoms with Crippen molar-refractivity contribution in [1.29, 1.82) is 0 Å². The number of halogens is 1. The van der Waals surface area contributed by atoms with Gasteiger partial charge in [-0.1, -0.05) is 23.7 Å². The van der Waals surface area contributed by atoms with Crippen molar-refractivity contribution in [2.75, 3.05) is 31.2 Å². The van der Waals surface area contributed by atoms with Crippen molar-refractivity contribution >= 4 is 28.5 Å². The van der Waals surface area contributed by atoms with E-state index in [4.69, 9.17) is 21.3 Å². The van der Waals surface area contributed by atoms with Gasteiger partial charge in [-0.15, -0.1) is 0 Å². The SMILES string of the molecule is Cn1ncc2ccc(-c3cc(Cl)nc(N4CCOCC4)n3)cc21. The molecule has 4 rings (SSSR count). The molecule has 1 aliphatic rings. The molecule has 0 saturated carbocycles. The van der Waals surface area contributed by atoms with Crippen molar-refractivity contribution < 1.29 is 4.74 Å². The van der Waals surface area contributed by atoms with Crippen LogP contribution in [0.25, 0.3) is 22.2 Å². The standard InChI is InChI=1S/C16H16ClN5O/c1-21-14-8-11(2-3-12(14)10-18-21)13-9-15(17)20-16(19-13)22-4-6-23-7-5-22/h2-3,8-10H,4-7H2,1H3. The molecule has 23 heavy (non-hydrogen) atoms. The number of morpholine rings is 1. The number of nitrogens with zero attached hydrogens (tertiary/aromatic N) is 5. The van der Waals surface area contributed by atoms with Gasteiger partial charge >= 0.3 is 0 Å². The number of aryl methyl sites for hydroxylation is 1. The van der Waals surface area contributed by atoms with Gasteiger partial charge in [0, 0.05) is 37.2 Å². The van der Waals surface area contributed by atoms with Gasteiger partial charge in [-0.05, 0) is 6.07 Å². The Bertz CT molecular complexity index is 857. The van der Waals surface area contributed by atoms with Crippen molar-refractivity contribution in [2.45, 2.75) is 0 Å². The van der Waals surface area contributed by atoms with Gasteiger partial charge in [-0.25, -0.2) is 9.97 Å². The first-order valence-corrected chi connectivity index (χ1v) is 7.88. The Morgan fingerprint density at radius 1 is 1.13 bits per heavy atom. The van der Waals surface area contributed by atoms with Crippen LogP contribution in [0, 0.1) is 0 Å². The first-order valence-electron chi connectivity index (χ1n) is 7.50. The van der Waals surface area contributed by atoms with Crippen molar-refractivity contribution in [3.05, 3.63) is 35.6 Å². The molecule has 1 aromatic carbocycles. The van der Waals surface area contributed by atoms with Crippen molar-refractivity contribution in [3.63, 3.8) is 0 Å². The summed E-state index contributed by atoms with van der Waals surface area (Å²) in [4.78, 5) is 11.2. The smallest absolute Gasteiger partial charge is 0.227 e. The van der Waals surface area contributed by atoms with E-state index in [0.29, 0.717) is 24.3 Å². The highest BCUT2D eigenvalue weighted by Gasteiger charge is 2.16. The molecule has 0 unspecified atom stereocenters. The van der Waals surface area contributed by atoms with E-state index < -0.39 is 0 Å². The van der Waals surface area contributed by atoms with Crippen molar-refractivity contribution in [1.82, 2.24) is 19.7 Å². The minimum atomic E-state index is 0.446. The van der Waals surface area contributed by atoms with E-state index >= 15 is 0 Å². The summed E-state index contributed by atoms with van der Waals surface area (Å²) in [6.07, 6.45) is 1.85. The number of ether oxygens (including phenoxy) is 1. The highest BCUT2D eigenvalue weighted by atomic mass is 35.5. The van der Waals surface area contributed by atoms with Crippen LogP contribution in [0.3, 0.4) is 0 Å². The highest BCUT2D eigenvalue weighted by molar-refractivity contribution is 6.29. The highest BCUT2D eigenvalue weighted by Crippen LogP contribution is 2.26. The van der Waals surface area contributed by atoms with Gasteiger partial charge in [0.2, 0.25) is 5.95 Å². The third kappa shape index (κ3) is 2.75. The number of hydrogen-bond donors (Lipinski definition) is 0. The zero-order chi connectivity index (χ0) is 15.8. The first kappa shape index (κ1) is 14.4. The van der Waals surface area contributed by atoms with Gasteiger partial charge in [0.1, 0.15) is 5.15 Å². The van der Waals surface area contributed by atoms with E-state index in [9.17, 15) is 0 Å². The molecule has 1 saturated heterocycles. The van der Waals surface area contributed by atoms with Gasteiger partial charge in [0.15, 0.2) is 0 Å². The molecule has 0 atom stereocenters. The maximum atomic E-state index is 6.22. The number of rotatable bonds is 2. The van der Waals surface area contributed by atoms with Crippen LogP contribution in [0.2, 0.25) is 5.15 Å². The number of anilines is 1. The van der Waals surface area contributed by atoms with E-state index in [0.717, 1.165) is 35.2 Å². The van der Waals surface area contributed by atoms with Crippen LogP contribution in [-0.2, 0) is 11.8 Å². The minimum Gasteiger partial charge on any atom is -0.378 e. The maximum absolute atomic E-state index is 6.22. The second kappa shape index (κ2) is 5.79. The van der Waals surface area contributed by atoms with Crippen LogP contribution in [0.5, 0.6) is 0 Å². The summed E-state index contributed by atoms with van der Waals surface area (Å²) in [5, 5.41) is 5.82. The summed E-state index contributed by atoms with van der Waals surface area (Å²) >= 11 is 6.22. The lowest BCUT2D eigenvalue weighted by atomic mass is 10.1. The molecule has 0 aliphatic carbocycles. The van der Waals surface area contributed by atoms with Crippen LogP contribution >= 0.6 is 11.6 Å². The molecule has 0 radical (unpaired) electrons. The number of aromatic nitrogens is 4. The van der Waals surface area contributed by atoms with E-state index in [1.807, 2.05) is 30.1 Å². The summed E-state index contributed by atoms with van der Waals surface area (Å²) in [6.45, 7) is 2.93. The van der Waals surface area contributed by atoms with E-state index in [1.165, 1.54) is 0 Å². The Labute approximate surface area is 138 Å². The van der Waals surface area contributed by atoms with Gasteiger partial charge < -0.3 is 9.64 Å². The third-order valence-corrected chi connectivity index (χ3v) is 4.22. The molecule has 0 N–H and O–H groups in total. The molecule has 118 valence electrons. The molecule has 2 aromatic heterocycles. The Morgan fingerprint density at radius 2 is 1.96 bits per heavy atom. The average Bonchev–Trinajstić information content (AvgIpc) is 2.96. The quantitative estimate of drug-likeness (QED) is 0.676. The van der Waals surface area contributed by atoms with Crippen LogP contribution in [-0.4, -0.2) is 46.1 Å². The first-order chi connectivity index (χ1) is 11.2.